The zero-order chi connectivity index (χ0) is 14.6. The predicted octanol–water partition coefficient (Wildman–Crippen LogP) is 5.17. The van der Waals surface area contributed by atoms with E-state index in [1.807, 2.05) is 13.8 Å². The van der Waals surface area contributed by atoms with Crippen molar-refractivity contribution < 1.29 is 0 Å². The van der Waals surface area contributed by atoms with Crippen molar-refractivity contribution >= 4 is 0 Å². The van der Waals surface area contributed by atoms with Gasteiger partial charge in [-0.05, 0) is 37.5 Å². The first-order chi connectivity index (χ1) is 8.89. The van der Waals surface area contributed by atoms with Crippen LogP contribution in [0.25, 0.3) is 0 Å². The lowest BCUT2D eigenvalue weighted by Crippen LogP contribution is -2.29. The van der Waals surface area contributed by atoms with Gasteiger partial charge in [-0.1, -0.05) is 58.4 Å². The van der Waals surface area contributed by atoms with Gasteiger partial charge in [0.2, 0.25) is 0 Å². The first-order valence-corrected chi connectivity index (χ1v) is 7.68. The standard InChI is InChI=1S/C16H25N.C2H6/c1-12-6-7-13(2)15-14(10-12)11-16(3,4)8-9-17(15)5;1-2/h7-9,11-12,15H,6,10H2,1-5H3;1-2H3. The van der Waals surface area contributed by atoms with Crippen molar-refractivity contribution in [2.24, 2.45) is 11.3 Å². The van der Waals surface area contributed by atoms with Crippen LogP contribution >= 0.6 is 0 Å². The van der Waals surface area contributed by atoms with Crippen LogP contribution in [0.2, 0.25) is 0 Å². The van der Waals surface area contributed by atoms with E-state index in [1.54, 1.807) is 5.57 Å². The number of allylic oxidation sites excluding steroid dienone is 3. The highest BCUT2D eigenvalue weighted by Gasteiger charge is 2.28. The molecule has 0 aromatic heterocycles. The molecular weight excluding hydrogens is 230 g/mol. The molecule has 0 radical (unpaired) electrons. The molecule has 2 rings (SSSR count). The molecule has 0 spiro atoms. The summed E-state index contributed by atoms with van der Waals surface area (Å²) in [7, 11) is 2.20. The Balaban J connectivity index is 0.000000861. The normalized spacial score (nSPS) is 29.1. The third-order valence-corrected chi connectivity index (χ3v) is 3.91. The molecule has 1 heterocycles. The minimum atomic E-state index is 0.183. The third kappa shape index (κ3) is 3.99. The van der Waals surface area contributed by atoms with Gasteiger partial charge in [0.1, 0.15) is 0 Å². The Labute approximate surface area is 120 Å². The van der Waals surface area contributed by atoms with Crippen molar-refractivity contribution in [3.8, 4) is 0 Å². The topological polar surface area (TPSA) is 3.24 Å². The molecule has 108 valence electrons. The maximum Gasteiger partial charge on any atom is 0.0704 e. The molecule has 2 atom stereocenters. The van der Waals surface area contributed by atoms with Gasteiger partial charge < -0.3 is 4.90 Å². The molecule has 2 unspecified atom stereocenters. The Bertz CT molecular complexity index is 384. The lowest BCUT2D eigenvalue weighted by Gasteiger charge is -2.29. The van der Waals surface area contributed by atoms with E-state index in [1.165, 1.54) is 18.4 Å². The molecule has 0 N–H and O–H groups in total. The van der Waals surface area contributed by atoms with E-state index < -0.39 is 0 Å². The van der Waals surface area contributed by atoms with Crippen molar-refractivity contribution in [3.63, 3.8) is 0 Å². The molecule has 19 heavy (non-hydrogen) atoms. The first-order valence-electron chi connectivity index (χ1n) is 7.68. The van der Waals surface area contributed by atoms with Crippen molar-refractivity contribution in [2.75, 3.05) is 7.05 Å². The predicted molar refractivity (Wildman–Crippen MR) is 86.1 cm³/mol. The van der Waals surface area contributed by atoms with E-state index >= 15 is 0 Å². The monoisotopic (exact) mass is 261 g/mol. The van der Waals surface area contributed by atoms with Crippen molar-refractivity contribution in [3.05, 3.63) is 35.6 Å². The van der Waals surface area contributed by atoms with Gasteiger partial charge in [-0.25, -0.2) is 0 Å². The molecule has 1 aliphatic carbocycles. The Morgan fingerprint density at radius 3 is 2.53 bits per heavy atom. The second-order valence-corrected chi connectivity index (χ2v) is 6.42. The van der Waals surface area contributed by atoms with Crippen LogP contribution in [-0.2, 0) is 0 Å². The fourth-order valence-electron chi connectivity index (χ4n) is 3.03. The Kier molecular flexibility index (Phi) is 5.46. The van der Waals surface area contributed by atoms with Gasteiger partial charge in [-0.2, -0.15) is 0 Å². The Hall–Kier alpha value is -0.980. The smallest absolute Gasteiger partial charge is 0.0704 e. The first kappa shape index (κ1) is 16.1. The van der Waals surface area contributed by atoms with E-state index in [2.05, 4.69) is 64.1 Å². The highest BCUT2D eigenvalue weighted by molar-refractivity contribution is 5.33. The third-order valence-electron chi connectivity index (χ3n) is 3.91. The average molecular weight is 261 g/mol. The SMILES string of the molecule is CC.CC1=CCC(C)CC2=CC(C)(C)C=CN(C)C12. The van der Waals surface area contributed by atoms with E-state index in [-0.39, 0.29) is 5.41 Å². The van der Waals surface area contributed by atoms with Crippen molar-refractivity contribution in [2.45, 2.75) is 60.4 Å². The van der Waals surface area contributed by atoms with Gasteiger partial charge in [0.15, 0.2) is 0 Å². The van der Waals surface area contributed by atoms with Crippen LogP contribution < -0.4 is 0 Å². The van der Waals surface area contributed by atoms with Gasteiger partial charge >= 0.3 is 0 Å². The van der Waals surface area contributed by atoms with Crippen LogP contribution in [0.4, 0.5) is 0 Å². The van der Waals surface area contributed by atoms with Crippen LogP contribution in [0.3, 0.4) is 0 Å². The van der Waals surface area contributed by atoms with Gasteiger partial charge in [-0.15, -0.1) is 0 Å². The highest BCUT2D eigenvalue weighted by Crippen LogP contribution is 2.36. The van der Waals surface area contributed by atoms with Crippen molar-refractivity contribution in [1.82, 2.24) is 4.90 Å². The summed E-state index contributed by atoms with van der Waals surface area (Å²) >= 11 is 0. The zero-order valence-corrected chi connectivity index (χ0v) is 13.8. The molecule has 1 heteroatoms. The molecule has 0 fully saturated rings. The van der Waals surface area contributed by atoms with Crippen LogP contribution in [-0.4, -0.2) is 18.0 Å². The summed E-state index contributed by atoms with van der Waals surface area (Å²) in [6.07, 6.45) is 11.9. The zero-order valence-electron chi connectivity index (χ0n) is 13.8. The summed E-state index contributed by atoms with van der Waals surface area (Å²) in [6.45, 7) is 13.2. The average Bonchev–Trinajstić information content (AvgIpc) is 2.54. The molecule has 0 amide bonds. The van der Waals surface area contributed by atoms with Crippen LogP contribution in [0.15, 0.2) is 35.6 Å². The van der Waals surface area contributed by atoms with E-state index in [0.717, 1.165) is 5.92 Å². The maximum atomic E-state index is 2.48. The largest absolute Gasteiger partial charge is 0.370 e. The molecule has 1 aliphatic heterocycles. The molecule has 0 saturated carbocycles. The summed E-state index contributed by atoms with van der Waals surface area (Å²) < 4.78 is 0. The summed E-state index contributed by atoms with van der Waals surface area (Å²) in [6, 6.07) is 0.484. The summed E-state index contributed by atoms with van der Waals surface area (Å²) in [5, 5.41) is 0. The van der Waals surface area contributed by atoms with E-state index in [0.29, 0.717) is 6.04 Å². The second-order valence-electron chi connectivity index (χ2n) is 6.42. The molecule has 0 aromatic carbocycles. The summed E-state index contributed by atoms with van der Waals surface area (Å²) in [5.41, 5.74) is 3.29. The minimum absolute atomic E-state index is 0.183. The minimum Gasteiger partial charge on any atom is -0.370 e. The van der Waals surface area contributed by atoms with Crippen LogP contribution in [0.1, 0.15) is 54.4 Å². The van der Waals surface area contributed by atoms with Crippen molar-refractivity contribution in [1.29, 1.82) is 0 Å². The molecule has 2 aliphatic rings. The lowest BCUT2D eigenvalue weighted by molar-refractivity contribution is 0.399. The molecule has 0 saturated heterocycles. The fourth-order valence-corrected chi connectivity index (χ4v) is 3.03. The summed E-state index contributed by atoms with van der Waals surface area (Å²) in [4.78, 5) is 2.37. The summed E-state index contributed by atoms with van der Waals surface area (Å²) in [5.74, 6) is 0.767. The number of hydrogen-bond donors (Lipinski definition) is 0. The quantitative estimate of drug-likeness (QED) is 0.544. The molecule has 1 nitrogen and oxygen atoms in total. The number of hydrogen-bond acceptors (Lipinski definition) is 1. The molecule has 0 bridgehead atoms. The number of nitrogens with zero attached hydrogens (tertiary/aromatic N) is 1. The fraction of sp³-hybridized carbons (Fsp3) is 0.667. The number of likely N-dealkylation sites (N-methyl/N-ethyl adjacent to an activating group) is 1. The van der Waals surface area contributed by atoms with Gasteiger partial charge in [0.25, 0.3) is 0 Å². The van der Waals surface area contributed by atoms with Crippen LogP contribution in [0, 0.1) is 11.3 Å². The van der Waals surface area contributed by atoms with Gasteiger partial charge in [-0.3, -0.25) is 0 Å². The molecule has 0 aromatic rings. The Morgan fingerprint density at radius 2 is 1.89 bits per heavy atom. The van der Waals surface area contributed by atoms with Gasteiger partial charge in [0.05, 0.1) is 6.04 Å². The van der Waals surface area contributed by atoms with E-state index in [9.17, 15) is 0 Å². The number of rotatable bonds is 0. The molecular formula is C18H31N. The van der Waals surface area contributed by atoms with E-state index in [4.69, 9.17) is 0 Å². The Morgan fingerprint density at radius 1 is 1.26 bits per heavy atom. The van der Waals surface area contributed by atoms with Crippen LogP contribution in [0.5, 0.6) is 0 Å². The highest BCUT2D eigenvalue weighted by atomic mass is 15.1. The number of fused-ring (bicyclic) bond motifs is 1. The lowest BCUT2D eigenvalue weighted by atomic mass is 9.86. The maximum absolute atomic E-state index is 2.48. The van der Waals surface area contributed by atoms with Gasteiger partial charge in [0, 0.05) is 12.5 Å². The second kappa shape index (κ2) is 6.45.